The van der Waals surface area contributed by atoms with Gasteiger partial charge in [-0.3, -0.25) is 9.36 Å². The lowest BCUT2D eigenvalue weighted by Crippen LogP contribution is -2.38. The number of nitrogens with one attached hydrogen (secondary N) is 1. The zero-order valence-electron chi connectivity index (χ0n) is 14.7. The van der Waals surface area contributed by atoms with Crippen LogP contribution in [0, 0.1) is 0 Å². The molecule has 0 bridgehead atoms. The van der Waals surface area contributed by atoms with E-state index in [0.29, 0.717) is 5.75 Å². The van der Waals surface area contributed by atoms with Gasteiger partial charge < -0.3 is 9.26 Å². The SMILES string of the molecule is CC(C)[P@@](=O)(N[C@@H](C)C(=O)OC1CCCCC1)Oc1ccccc1. The van der Waals surface area contributed by atoms with Crippen molar-refractivity contribution in [1.82, 2.24) is 5.09 Å². The van der Waals surface area contributed by atoms with Crippen LogP contribution in [0.5, 0.6) is 5.75 Å². The minimum absolute atomic E-state index is 0.0102. The summed E-state index contributed by atoms with van der Waals surface area (Å²) < 4.78 is 24.4. The van der Waals surface area contributed by atoms with Gasteiger partial charge in [0.1, 0.15) is 17.9 Å². The highest BCUT2D eigenvalue weighted by Crippen LogP contribution is 2.48. The van der Waals surface area contributed by atoms with E-state index in [1.165, 1.54) is 6.42 Å². The van der Waals surface area contributed by atoms with Crippen molar-refractivity contribution in [3.8, 4) is 5.75 Å². The Morgan fingerprint density at radius 2 is 1.75 bits per heavy atom. The summed E-state index contributed by atoms with van der Waals surface area (Å²) in [6.45, 7) is 5.31. The second kappa shape index (κ2) is 8.68. The van der Waals surface area contributed by atoms with E-state index in [-0.39, 0.29) is 17.7 Å². The zero-order valence-corrected chi connectivity index (χ0v) is 15.6. The largest absolute Gasteiger partial charge is 0.461 e. The predicted octanol–water partition coefficient (Wildman–Crippen LogP) is 4.52. The molecule has 6 heteroatoms. The maximum Gasteiger partial charge on any atom is 0.323 e. The van der Waals surface area contributed by atoms with Gasteiger partial charge in [0.15, 0.2) is 0 Å². The summed E-state index contributed by atoms with van der Waals surface area (Å²) in [6, 6.07) is 8.33. The van der Waals surface area contributed by atoms with Crippen molar-refractivity contribution in [2.24, 2.45) is 0 Å². The third-order valence-electron chi connectivity index (χ3n) is 4.23. The Morgan fingerprint density at radius 1 is 1.12 bits per heavy atom. The van der Waals surface area contributed by atoms with Gasteiger partial charge in [-0.05, 0) is 44.7 Å². The molecule has 0 saturated heterocycles. The molecule has 0 aromatic heterocycles. The summed E-state index contributed by atoms with van der Waals surface area (Å²) in [5.74, 6) is 0.161. The van der Waals surface area contributed by atoms with Gasteiger partial charge >= 0.3 is 13.5 Å². The van der Waals surface area contributed by atoms with E-state index in [2.05, 4.69) is 5.09 Å². The summed E-state index contributed by atoms with van der Waals surface area (Å²) in [5.41, 5.74) is -0.261. The molecular weight excluding hydrogens is 325 g/mol. The van der Waals surface area contributed by atoms with Gasteiger partial charge in [-0.1, -0.05) is 38.5 Å². The molecule has 1 fully saturated rings. The lowest BCUT2D eigenvalue weighted by molar-refractivity contribution is -0.152. The standard InChI is InChI=1S/C18H28NO4P/c1-14(2)24(21,23-17-12-8-5-9-13-17)19-15(3)18(20)22-16-10-6-4-7-11-16/h5,8-9,12-16H,4,6-7,10-11H2,1-3H3,(H,19,21)/t15-,24-/m0/s1. The number of hydrogen-bond acceptors (Lipinski definition) is 4. The number of rotatable bonds is 7. The van der Waals surface area contributed by atoms with Gasteiger partial charge in [-0.25, -0.2) is 5.09 Å². The fourth-order valence-corrected chi connectivity index (χ4v) is 4.33. The first-order chi connectivity index (χ1) is 11.4. The van der Waals surface area contributed by atoms with Crippen LogP contribution in [0.25, 0.3) is 0 Å². The van der Waals surface area contributed by atoms with E-state index in [1.807, 2.05) is 32.0 Å². The van der Waals surface area contributed by atoms with E-state index in [9.17, 15) is 9.36 Å². The Bertz CT molecular complexity index is 570. The van der Waals surface area contributed by atoms with Crippen LogP contribution < -0.4 is 9.61 Å². The molecule has 1 aromatic rings. The second-order valence-corrected chi connectivity index (χ2v) is 9.31. The number of carbonyl (C=O) groups is 1. The summed E-state index contributed by atoms with van der Waals surface area (Å²) in [7, 11) is -3.23. The molecule has 0 heterocycles. The van der Waals surface area contributed by atoms with Crippen molar-refractivity contribution in [3.63, 3.8) is 0 Å². The van der Waals surface area contributed by atoms with Crippen LogP contribution in [0.2, 0.25) is 0 Å². The smallest absolute Gasteiger partial charge is 0.323 e. The molecule has 1 aliphatic rings. The quantitative estimate of drug-likeness (QED) is 0.577. The van der Waals surface area contributed by atoms with Crippen LogP contribution >= 0.6 is 7.52 Å². The molecule has 0 unspecified atom stereocenters. The Labute approximate surface area is 144 Å². The highest BCUT2D eigenvalue weighted by Gasteiger charge is 2.34. The number of carbonyl (C=O) groups excluding carboxylic acids is 1. The van der Waals surface area contributed by atoms with E-state index in [0.717, 1.165) is 25.7 Å². The Kier molecular flexibility index (Phi) is 6.88. The number of para-hydroxylation sites is 1. The minimum atomic E-state index is -3.23. The van der Waals surface area contributed by atoms with Gasteiger partial charge in [0.2, 0.25) is 0 Å². The molecule has 1 aromatic carbocycles. The van der Waals surface area contributed by atoms with Gasteiger partial charge in [-0.2, -0.15) is 0 Å². The first-order valence-corrected chi connectivity index (χ1v) is 10.4. The molecule has 1 N–H and O–H groups in total. The highest BCUT2D eigenvalue weighted by atomic mass is 31.2. The molecule has 0 radical (unpaired) electrons. The lowest BCUT2D eigenvalue weighted by atomic mass is 9.98. The van der Waals surface area contributed by atoms with Crippen molar-refractivity contribution >= 4 is 13.5 Å². The van der Waals surface area contributed by atoms with Gasteiger partial charge in [-0.15, -0.1) is 0 Å². The van der Waals surface area contributed by atoms with Crippen LogP contribution in [0.4, 0.5) is 0 Å². The zero-order chi connectivity index (χ0) is 17.6. The highest BCUT2D eigenvalue weighted by molar-refractivity contribution is 7.58. The van der Waals surface area contributed by atoms with Gasteiger partial charge in [0, 0.05) is 0 Å². The molecule has 1 aliphatic carbocycles. The average Bonchev–Trinajstić information content (AvgIpc) is 2.56. The summed E-state index contributed by atoms with van der Waals surface area (Å²) >= 11 is 0. The average molecular weight is 353 g/mol. The van der Waals surface area contributed by atoms with Crippen molar-refractivity contribution in [2.75, 3.05) is 0 Å². The number of hydrogen-bond donors (Lipinski definition) is 1. The summed E-state index contributed by atoms with van der Waals surface area (Å²) in [5, 5.41) is 2.89. The molecule has 24 heavy (non-hydrogen) atoms. The van der Waals surface area contributed by atoms with Crippen molar-refractivity contribution in [1.29, 1.82) is 0 Å². The number of esters is 1. The molecule has 134 valence electrons. The van der Waals surface area contributed by atoms with E-state index in [4.69, 9.17) is 9.26 Å². The third-order valence-corrected chi connectivity index (χ3v) is 6.82. The maximum atomic E-state index is 13.1. The third kappa shape index (κ3) is 5.35. The first kappa shape index (κ1) is 19.0. The fourth-order valence-electron chi connectivity index (χ4n) is 2.69. The normalized spacial score (nSPS) is 19.5. The van der Waals surface area contributed by atoms with Crippen LogP contribution in [0.1, 0.15) is 52.9 Å². The number of ether oxygens (including phenoxy) is 1. The topological polar surface area (TPSA) is 64.6 Å². The summed E-state index contributed by atoms with van der Waals surface area (Å²) in [6.07, 6.45) is 5.23. The summed E-state index contributed by atoms with van der Waals surface area (Å²) in [4.78, 5) is 12.3. The van der Waals surface area contributed by atoms with Crippen LogP contribution in [0.3, 0.4) is 0 Å². The molecular formula is C18H28NO4P. The van der Waals surface area contributed by atoms with Crippen molar-refractivity contribution < 1.29 is 18.6 Å². The predicted molar refractivity (Wildman–Crippen MR) is 95.4 cm³/mol. The van der Waals surface area contributed by atoms with Gasteiger partial charge in [0.05, 0.1) is 5.66 Å². The van der Waals surface area contributed by atoms with Crippen LogP contribution in [-0.2, 0) is 14.1 Å². The molecule has 0 spiro atoms. The molecule has 5 nitrogen and oxygen atoms in total. The van der Waals surface area contributed by atoms with Crippen LogP contribution in [0.15, 0.2) is 30.3 Å². The van der Waals surface area contributed by atoms with E-state index in [1.54, 1.807) is 19.1 Å². The minimum Gasteiger partial charge on any atom is -0.461 e. The lowest BCUT2D eigenvalue weighted by Gasteiger charge is -2.28. The molecule has 0 aliphatic heterocycles. The fraction of sp³-hybridized carbons (Fsp3) is 0.611. The number of benzene rings is 1. The van der Waals surface area contributed by atoms with E-state index >= 15 is 0 Å². The molecule has 2 atom stereocenters. The van der Waals surface area contributed by atoms with Crippen molar-refractivity contribution in [3.05, 3.63) is 30.3 Å². The Hall–Kier alpha value is -1.32. The van der Waals surface area contributed by atoms with Crippen molar-refractivity contribution in [2.45, 2.75) is 70.7 Å². The Balaban J connectivity index is 1.98. The Morgan fingerprint density at radius 3 is 2.33 bits per heavy atom. The molecule has 2 rings (SSSR count). The molecule has 1 saturated carbocycles. The van der Waals surface area contributed by atoms with Crippen LogP contribution in [-0.4, -0.2) is 23.8 Å². The monoisotopic (exact) mass is 353 g/mol. The second-order valence-electron chi connectivity index (χ2n) is 6.64. The van der Waals surface area contributed by atoms with E-state index < -0.39 is 13.6 Å². The molecule has 0 amide bonds. The first-order valence-electron chi connectivity index (χ1n) is 8.73. The van der Waals surface area contributed by atoms with Gasteiger partial charge in [0.25, 0.3) is 0 Å². The maximum absolute atomic E-state index is 13.1.